The molecule has 23 heavy (non-hydrogen) atoms. The first-order valence-corrected chi connectivity index (χ1v) is 10.1. The average molecular weight is 381 g/mol. The molecule has 0 aliphatic heterocycles. The molecule has 2 nitrogen and oxygen atoms in total. The molecule has 0 amide bonds. The normalized spacial score (nSPS) is 14.2. The summed E-state index contributed by atoms with van der Waals surface area (Å²) in [7, 11) is 0. The lowest BCUT2D eigenvalue weighted by Crippen LogP contribution is -1.99. The molecule has 1 aromatic carbocycles. The molecule has 2 heterocycles. The van der Waals surface area contributed by atoms with Gasteiger partial charge in [0.25, 0.3) is 0 Å². The minimum absolute atomic E-state index is 0.667. The fourth-order valence-corrected chi connectivity index (χ4v) is 5.83. The Hall–Kier alpha value is -0.810. The Labute approximate surface area is 153 Å². The van der Waals surface area contributed by atoms with Crippen molar-refractivity contribution in [3.8, 4) is 0 Å². The van der Waals surface area contributed by atoms with Gasteiger partial charge in [0.2, 0.25) is 0 Å². The van der Waals surface area contributed by atoms with E-state index in [0.717, 1.165) is 27.6 Å². The maximum atomic E-state index is 6.28. The van der Waals surface area contributed by atoms with Crippen LogP contribution in [0.25, 0.3) is 10.2 Å². The van der Waals surface area contributed by atoms with Gasteiger partial charge in [0.15, 0.2) is 0 Å². The number of aryl methyl sites for hydroxylation is 2. The van der Waals surface area contributed by atoms with Gasteiger partial charge >= 0.3 is 0 Å². The molecular formula is C17H14Cl2N2S2. The van der Waals surface area contributed by atoms with Gasteiger partial charge in [0.1, 0.15) is 16.2 Å². The number of hydrogen-bond acceptors (Lipinski definition) is 4. The van der Waals surface area contributed by atoms with E-state index in [4.69, 9.17) is 23.2 Å². The second-order valence-corrected chi connectivity index (χ2v) is 8.49. The SMILES string of the molecule is Clc1ccc(CSc2ncnc3sc4c(c23)CCCC4)c(Cl)c1. The Morgan fingerprint density at radius 3 is 2.87 bits per heavy atom. The zero-order chi connectivity index (χ0) is 15.8. The van der Waals surface area contributed by atoms with Gasteiger partial charge in [0.05, 0.1) is 0 Å². The summed E-state index contributed by atoms with van der Waals surface area (Å²) in [6.45, 7) is 0. The minimum Gasteiger partial charge on any atom is -0.229 e. The van der Waals surface area contributed by atoms with Crippen molar-refractivity contribution in [2.24, 2.45) is 0 Å². The highest BCUT2D eigenvalue weighted by Gasteiger charge is 2.20. The van der Waals surface area contributed by atoms with Crippen LogP contribution in [0.5, 0.6) is 0 Å². The third-order valence-corrected chi connectivity index (χ3v) is 6.92. The summed E-state index contributed by atoms with van der Waals surface area (Å²) in [5, 5.41) is 3.71. The predicted octanol–water partition coefficient (Wildman–Crippen LogP) is 6.17. The second kappa shape index (κ2) is 6.60. The number of halogens is 2. The fourth-order valence-electron chi connectivity index (χ4n) is 2.96. The maximum Gasteiger partial charge on any atom is 0.128 e. The summed E-state index contributed by atoms with van der Waals surface area (Å²) in [5.41, 5.74) is 2.55. The highest BCUT2D eigenvalue weighted by molar-refractivity contribution is 7.98. The molecule has 0 saturated carbocycles. The number of thiophene rings is 1. The molecule has 0 spiro atoms. The van der Waals surface area contributed by atoms with Crippen LogP contribution in [-0.4, -0.2) is 9.97 Å². The third kappa shape index (κ3) is 3.10. The van der Waals surface area contributed by atoms with Crippen molar-refractivity contribution in [3.05, 3.63) is 50.6 Å². The Bertz CT molecular complexity index is 876. The number of rotatable bonds is 3. The van der Waals surface area contributed by atoms with E-state index in [-0.39, 0.29) is 0 Å². The molecule has 3 aromatic rings. The fraction of sp³-hybridized carbons (Fsp3) is 0.294. The quantitative estimate of drug-likeness (QED) is 0.401. The van der Waals surface area contributed by atoms with Gasteiger partial charge in [-0.2, -0.15) is 0 Å². The summed E-state index contributed by atoms with van der Waals surface area (Å²) in [5.74, 6) is 0.784. The maximum absolute atomic E-state index is 6.28. The molecule has 118 valence electrons. The lowest BCUT2D eigenvalue weighted by Gasteiger charge is -2.11. The van der Waals surface area contributed by atoms with E-state index < -0.39 is 0 Å². The molecule has 0 atom stereocenters. The highest BCUT2D eigenvalue weighted by atomic mass is 35.5. The first kappa shape index (κ1) is 15.7. The van der Waals surface area contributed by atoms with E-state index in [2.05, 4.69) is 9.97 Å². The monoisotopic (exact) mass is 380 g/mol. The number of fused-ring (bicyclic) bond motifs is 3. The molecule has 0 saturated heterocycles. The van der Waals surface area contributed by atoms with Gasteiger partial charge in [-0.05, 0) is 48.9 Å². The molecule has 1 aliphatic carbocycles. The van der Waals surface area contributed by atoms with Crippen molar-refractivity contribution in [1.29, 1.82) is 0 Å². The third-order valence-electron chi connectivity index (χ3n) is 4.10. The summed E-state index contributed by atoms with van der Waals surface area (Å²) >= 11 is 15.8. The summed E-state index contributed by atoms with van der Waals surface area (Å²) < 4.78 is 0. The van der Waals surface area contributed by atoms with Gasteiger partial charge in [-0.1, -0.05) is 29.3 Å². The lowest BCUT2D eigenvalue weighted by atomic mass is 9.97. The van der Waals surface area contributed by atoms with Crippen LogP contribution in [0.1, 0.15) is 28.8 Å². The van der Waals surface area contributed by atoms with Crippen LogP contribution in [0, 0.1) is 0 Å². The van der Waals surface area contributed by atoms with Crippen LogP contribution >= 0.6 is 46.3 Å². The molecule has 1 aliphatic rings. The van der Waals surface area contributed by atoms with E-state index in [1.54, 1.807) is 24.2 Å². The Kier molecular flexibility index (Phi) is 4.50. The number of hydrogen-bond donors (Lipinski definition) is 0. The molecule has 0 fully saturated rings. The van der Waals surface area contributed by atoms with Crippen molar-refractivity contribution in [3.63, 3.8) is 0 Å². The molecule has 6 heteroatoms. The summed E-state index contributed by atoms with van der Waals surface area (Å²) in [4.78, 5) is 11.6. The van der Waals surface area contributed by atoms with Gasteiger partial charge in [-0.3, -0.25) is 0 Å². The summed E-state index contributed by atoms with van der Waals surface area (Å²) in [6.07, 6.45) is 6.56. The van der Waals surface area contributed by atoms with Crippen molar-refractivity contribution in [2.45, 2.75) is 36.5 Å². The molecule has 2 aromatic heterocycles. The second-order valence-electron chi connectivity index (χ2n) is 5.59. The van der Waals surface area contributed by atoms with Crippen LogP contribution in [0.3, 0.4) is 0 Å². The first-order valence-electron chi connectivity index (χ1n) is 7.54. The standard InChI is InChI=1S/C17H14Cl2N2S2/c18-11-6-5-10(13(19)7-11)8-22-16-15-12-3-1-2-4-14(12)23-17(15)21-9-20-16/h5-7,9H,1-4,8H2. The van der Waals surface area contributed by atoms with Crippen LogP contribution < -0.4 is 0 Å². The topological polar surface area (TPSA) is 25.8 Å². The average Bonchev–Trinajstić information content (AvgIpc) is 2.93. The zero-order valence-electron chi connectivity index (χ0n) is 12.3. The summed E-state index contributed by atoms with van der Waals surface area (Å²) in [6, 6.07) is 5.66. The van der Waals surface area contributed by atoms with Crippen LogP contribution in [-0.2, 0) is 18.6 Å². The van der Waals surface area contributed by atoms with Crippen molar-refractivity contribution < 1.29 is 0 Å². The Morgan fingerprint density at radius 2 is 2.00 bits per heavy atom. The molecule has 4 rings (SSSR count). The largest absolute Gasteiger partial charge is 0.229 e. The van der Waals surface area contributed by atoms with Crippen LogP contribution in [0.4, 0.5) is 0 Å². The molecule has 0 N–H and O–H groups in total. The van der Waals surface area contributed by atoms with Crippen LogP contribution in [0.15, 0.2) is 29.6 Å². The van der Waals surface area contributed by atoms with Gasteiger partial charge in [-0.15, -0.1) is 23.1 Å². The molecule has 0 unspecified atom stereocenters. The van der Waals surface area contributed by atoms with Gasteiger partial charge in [0, 0.05) is 26.1 Å². The smallest absolute Gasteiger partial charge is 0.128 e. The minimum atomic E-state index is 0.667. The number of aromatic nitrogens is 2. The number of benzene rings is 1. The van der Waals surface area contributed by atoms with E-state index in [1.165, 1.54) is 35.1 Å². The van der Waals surface area contributed by atoms with E-state index in [0.29, 0.717) is 10.0 Å². The van der Waals surface area contributed by atoms with Gasteiger partial charge in [-0.25, -0.2) is 9.97 Å². The molecule has 0 bridgehead atoms. The van der Waals surface area contributed by atoms with Crippen molar-refractivity contribution in [2.75, 3.05) is 0 Å². The first-order chi connectivity index (χ1) is 11.2. The van der Waals surface area contributed by atoms with E-state index in [9.17, 15) is 0 Å². The molecule has 0 radical (unpaired) electrons. The number of thioether (sulfide) groups is 1. The van der Waals surface area contributed by atoms with Gasteiger partial charge < -0.3 is 0 Å². The predicted molar refractivity (Wildman–Crippen MR) is 100 cm³/mol. The Balaban J connectivity index is 1.67. The lowest BCUT2D eigenvalue weighted by molar-refractivity contribution is 0.699. The van der Waals surface area contributed by atoms with Crippen molar-refractivity contribution in [1.82, 2.24) is 9.97 Å². The molecular weight excluding hydrogens is 367 g/mol. The highest BCUT2D eigenvalue weighted by Crippen LogP contribution is 2.40. The number of nitrogens with zero attached hydrogens (tertiary/aromatic N) is 2. The van der Waals surface area contributed by atoms with E-state index >= 15 is 0 Å². The Morgan fingerprint density at radius 1 is 1.13 bits per heavy atom. The van der Waals surface area contributed by atoms with Crippen molar-refractivity contribution >= 4 is 56.5 Å². The zero-order valence-corrected chi connectivity index (χ0v) is 15.5. The van der Waals surface area contributed by atoms with Crippen LogP contribution in [0.2, 0.25) is 10.0 Å². The van der Waals surface area contributed by atoms with E-state index in [1.807, 2.05) is 23.5 Å².